The van der Waals surface area contributed by atoms with Crippen molar-refractivity contribution in [2.75, 3.05) is 77.9 Å². The van der Waals surface area contributed by atoms with Crippen LogP contribution in [-0.2, 0) is 16.0 Å². The van der Waals surface area contributed by atoms with Crippen LogP contribution in [0.1, 0.15) is 31.2 Å². The van der Waals surface area contributed by atoms with Gasteiger partial charge in [-0.3, -0.25) is 9.69 Å². The summed E-state index contributed by atoms with van der Waals surface area (Å²) < 4.78 is 5.42. The van der Waals surface area contributed by atoms with E-state index in [1.165, 1.54) is 0 Å². The number of urea groups is 1. The van der Waals surface area contributed by atoms with Gasteiger partial charge in [0, 0.05) is 63.6 Å². The normalized spacial score (nSPS) is 24.3. The molecule has 0 aliphatic carbocycles. The number of hydrogen-bond acceptors (Lipinski definition) is 6. The number of fused-ring (bicyclic) bond motifs is 1. The summed E-state index contributed by atoms with van der Waals surface area (Å²) in [5.74, 6) is -0.113. The molecule has 10 nitrogen and oxygen atoms in total. The molecule has 4 amide bonds. The van der Waals surface area contributed by atoms with Gasteiger partial charge in [0.15, 0.2) is 6.61 Å². The van der Waals surface area contributed by atoms with E-state index in [0.717, 1.165) is 63.2 Å². The molecule has 37 heavy (non-hydrogen) atoms. The van der Waals surface area contributed by atoms with Gasteiger partial charge in [0.2, 0.25) is 0 Å². The lowest BCUT2D eigenvalue weighted by molar-refractivity contribution is -0.133. The van der Waals surface area contributed by atoms with Gasteiger partial charge < -0.3 is 29.7 Å². The van der Waals surface area contributed by atoms with Crippen molar-refractivity contribution in [3.05, 3.63) is 29.8 Å². The lowest BCUT2D eigenvalue weighted by Gasteiger charge is -2.37. The molecule has 5 rings (SSSR count). The fourth-order valence-corrected chi connectivity index (χ4v) is 6.10. The fraction of sp³-hybridized carbons (Fsp3) is 0.667. The third kappa shape index (κ3) is 6.18. The van der Waals surface area contributed by atoms with Gasteiger partial charge in [0.1, 0.15) is 0 Å². The van der Waals surface area contributed by atoms with Gasteiger partial charge in [-0.1, -0.05) is 18.2 Å². The predicted octanol–water partition coefficient (Wildman–Crippen LogP) is 1.92. The lowest BCUT2D eigenvalue weighted by atomic mass is 10.0. The molecule has 4 aliphatic heterocycles. The smallest absolute Gasteiger partial charge is 0.410 e. The summed E-state index contributed by atoms with van der Waals surface area (Å²) in [7, 11) is 2.16. The molecule has 0 spiro atoms. The first kappa shape index (κ1) is 25.8. The predicted molar refractivity (Wildman–Crippen MR) is 140 cm³/mol. The molecule has 0 aromatic heterocycles. The van der Waals surface area contributed by atoms with E-state index in [1.807, 2.05) is 28.0 Å². The molecule has 1 aromatic carbocycles. The van der Waals surface area contributed by atoms with Crippen molar-refractivity contribution in [3.8, 4) is 0 Å². The van der Waals surface area contributed by atoms with Crippen molar-refractivity contribution < 1.29 is 19.1 Å². The van der Waals surface area contributed by atoms with Crippen LogP contribution in [0.2, 0.25) is 0 Å². The van der Waals surface area contributed by atoms with E-state index in [0.29, 0.717) is 45.1 Å². The zero-order chi connectivity index (χ0) is 25.8. The van der Waals surface area contributed by atoms with E-state index in [-0.39, 0.29) is 24.6 Å². The Hall–Kier alpha value is -2.85. The van der Waals surface area contributed by atoms with Gasteiger partial charge in [0.25, 0.3) is 5.91 Å². The van der Waals surface area contributed by atoms with Crippen LogP contribution >= 0.6 is 0 Å². The minimum absolute atomic E-state index is 0.0762. The quantitative estimate of drug-likeness (QED) is 0.663. The molecule has 0 bridgehead atoms. The highest BCUT2D eigenvalue weighted by atomic mass is 16.6. The van der Waals surface area contributed by atoms with Gasteiger partial charge in [-0.25, -0.2) is 9.59 Å². The van der Waals surface area contributed by atoms with E-state index in [9.17, 15) is 14.4 Å². The van der Waals surface area contributed by atoms with Gasteiger partial charge >= 0.3 is 12.1 Å². The second kappa shape index (κ2) is 11.7. The second-order valence-electron chi connectivity index (χ2n) is 10.8. The van der Waals surface area contributed by atoms with Crippen LogP contribution in [0.3, 0.4) is 0 Å². The minimum Gasteiger partial charge on any atom is -0.439 e. The van der Waals surface area contributed by atoms with Crippen LogP contribution in [0, 0.1) is 0 Å². The molecule has 202 valence electrons. The van der Waals surface area contributed by atoms with Crippen molar-refractivity contribution in [2.45, 2.75) is 44.2 Å². The highest BCUT2D eigenvalue weighted by Crippen LogP contribution is 2.25. The molecule has 1 unspecified atom stereocenters. The van der Waals surface area contributed by atoms with Crippen molar-refractivity contribution in [1.29, 1.82) is 0 Å². The summed E-state index contributed by atoms with van der Waals surface area (Å²) in [4.78, 5) is 48.5. The number of likely N-dealkylation sites (N-methyl/N-ethyl adjacent to an activating group) is 1. The Kier molecular flexibility index (Phi) is 8.14. The maximum atomic E-state index is 12.8. The monoisotopic (exact) mass is 512 g/mol. The number of piperidine rings is 1. The van der Waals surface area contributed by atoms with Crippen molar-refractivity contribution in [1.82, 2.24) is 24.5 Å². The fourth-order valence-electron chi connectivity index (χ4n) is 6.10. The Morgan fingerprint density at radius 1 is 0.919 bits per heavy atom. The molecule has 1 aromatic rings. The Bertz CT molecular complexity index is 981. The molecule has 3 fully saturated rings. The summed E-state index contributed by atoms with van der Waals surface area (Å²) in [6.45, 7) is 7.24. The third-order valence-corrected chi connectivity index (χ3v) is 8.41. The average molecular weight is 513 g/mol. The van der Waals surface area contributed by atoms with Gasteiger partial charge in [-0.05, 0) is 63.9 Å². The van der Waals surface area contributed by atoms with Crippen molar-refractivity contribution in [3.63, 3.8) is 0 Å². The van der Waals surface area contributed by atoms with Crippen LogP contribution in [0.15, 0.2) is 24.3 Å². The minimum atomic E-state index is -0.439. The molecule has 4 aliphatic rings. The number of rotatable bonds is 4. The summed E-state index contributed by atoms with van der Waals surface area (Å²) in [5.41, 5.74) is 2.02. The van der Waals surface area contributed by atoms with E-state index in [2.05, 4.69) is 28.2 Å². The van der Waals surface area contributed by atoms with Crippen LogP contribution in [0.4, 0.5) is 15.3 Å². The molecule has 3 saturated heterocycles. The second-order valence-corrected chi connectivity index (χ2v) is 10.8. The van der Waals surface area contributed by atoms with Crippen LogP contribution in [-0.4, -0.2) is 127 Å². The first-order valence-electron chi connectivity index (χ1n) is 13.8. The van der Waals surface area contributed by atoms with Crippen LogP contribution in [0.25, 0.3) is 0 Å². The largest absolute Gasteiger partial charge is 0.439 e. The summed E-state index contributed by atoms with van der Waals surface area (Å²) >= 11 is 0. The molecule has 10 heteroatoms. The number of carbonyl (C=O) groups is 3. The summed E-state index contributed by atoms with van der Waals surface area (Å²) in [6, 6.07) is 8.32. The maximum absolute atomic E-state index is 12.8. The average Bonchev–Trinajstić information content (AvgIpc) is 3.22. The first-order chi connectivity index (χ1) is 18.0. The number of ether oxygens (including phenoxy) is 1. The van der Waals surface area contributed by atoms with Crippen LogP contribution in [0.5, 0.6) is 0 Å². The van der Waals surface area contributed by atoms with E-state index < -0.39 is 6.09 Å². The number of nitrogens with one attached hydrogen (secondary N) is 1. The number of carbonyl (C=O) groups excluding carboxylic acids is 3. The number of nitrogens with zero attached hydrogens (tertiary/aromatic N) is 5. The Balaban J connectivity index is 1.04. The van der Waals surface area contributed by atoms with Crippen molar-refractivity contribution >= 4 is 23.7 Å². The first-order valence-corrected chi connectivity index (χ1v) is 13.8. The highest BCUT2D eigenvalue weighted by molar-refractivity contribution is 5.91. The third-order valence-electron chi connectivity index (χ3n) is 8.41. The van der Waals surface area contributed by atoms with Crippen molar-refractivity contribution in [2.24, 2.45) is 0 Å². The number of anilines is 1. The van der Waals surface area contributed by atoms with Crippen LogP contribution < -0.4 is 5.32 Å². The van der Waals surface area contributed by atoms with E-state index in [1.54, 1.807) is 4.90 Å². The lowest BCUT2D eigenvalue weighted by Crippen LogP contribution is -2.50. The number of hydrogen-bond donors (Lipinski definition) is 1. The van der Waals surface area contributed by atoms with Gasteiger partial charge in [0.05, 0.1) is 0 Å². The summed E-state index contributed by atoms with van der Waals surface area (Å²) in [5, 5.41) is 3.03. The molecular formula is C27H40N6O4. The maximum Gasteiger partial charge on any atom is 0.410 e. The number of likely N-dealkylation sites (tertiary alicyclic amines) is 2. The molecule has 0 saturated carbocycles. The Morgan fingerprint density at radius 3 is 2.51 bits per heavy atom. The zero-order valence-electron chi connectivity index (χ0n) is 21.9. The number of para-hydroxylation sites is 1. The van der Waals surface area contributed by atoms with Gasteiger partial charge in [-0.2, -0.15) is 0 Å². The Morgan fingerprint density at radius 2 is 1.68 bits per heavy atom. The number of amides is 4. The SMILES string of the molecule is CN1CCCN(C2CCN(C(=O)COC(=O)N3CCC(N4CCc5ccccc5NC4=O)CC3)C2)CC1. The molecule has 4 heterocycles. The number of benzene rings is 1. The molecule has 1 N–H and O–H groups in total. The summed E-state index contributed by atoms with van der Waals surface area (Å²) in [6.07, 6.45) is 3.91. The molecule has 1 atom stereocenters. The Labute approximate surface area is 219 Å². The molecule has 0 radical (unpaired) electrons. The van der Waals surface area contributed by atoms with E-state index >= 15 is 0 Å². The van der Waals surface area contributed by atoms with Gasteiger partial charge in [-0.15, -0.1) is 0 Å². The molecular weight excluding hydrogens is 472 g/mol. The highest BCUT2D eigenvalue weighted by Gasteiger charge is 2.34. The topological polar surface area (TPSA) is 88.7 Å². The standard InChI is InChI=1S/C27H40N6O4/c1-29-11-4-12-30(18-17-29)23-10-15-32(19-23)25(34)20-37-27(36)31-13-8-22(9-14-31)33-16-7-21-5-2-3-6-24(21)28-26(33)35/h2-3,5-6,22-23H,4,7-20H2,1H3,(H,28,35). The van der Waals surface area contributed by atoms with E-state index in [4.69, 9.17) is 4.74 Å². The zero-order valence-corrected chi connectivity index (χ0v) is 21.9.